The smallest absolute Gasteiger partial charge is 0.412 e. The van der Waals surface area contributed by atoms with Gasteiger partial charge in [-0.25, -0.2) is 9.59 Å². The lowest BCUT2D eigenvalue weighted by Gasteiger charge is -2.35. The molecule has 10 heteroatoms. The van der Waals surface area contributed by atoms with E-state index in [9.17, 15) is 14.7 Å². The highest BCUT2D eigenvalue weighted by Gasteiger charge is 2.53. The fourth-order valence-corrected chi connectivity index (χ4v) is 5.25. The normalized spacial score (nSPS) is 30.7. The monoisotopic (exact) mass is 541 g/mol. The zero-order valence-electron chi connectivity index (χ0n) is 23.9. The van der Waals surface area contributed by atoms with Gasteiger partial charge in [-0.1, -0.05) is 12.5 Å². The second-order valence-corrected chi connectivity index (χ2v) is 11.8. The predicted molar refractivity (Wildman–Crippen MR) is 139 cm³/mol. The van der Waals surface area contributed by atoms with Gasteiger partial charge in [0.05, 0.1) is 44.7 Å². The lowest BCUT2D eigenvalue weighted by molar-refractivity contribution is -0.219. The molecule has 1 amide bonds. The molecule has 3 heterocycles. The number of carbonyl (C=O) groups excluding carboxylic acids is 2. The van der Waals surface area contributed by atoms with E-state index in [1.165, 1.54) is 6.08 Å². The van der Waals surface area contributed by atoms with Crippen molar-refractivity contribution in [2.45, 2.75) is 128 Å². The van der Waals surface area contributed by atoms with Crippen LogP contribution in [0.4, 0.5) is 4.79 Å². The topological polar surface area (TPSA) is 113 Å². The summed E-state index contributed by atoms with van der Waals surface area (Å²) in [6, 6.07) is -0.255. The highest BCUT2D eigenvalue weighted by Crippen LogP contribution is 2.44. The Hall–Kier alpha value is -1.72. The van der Waals surface area contributed by atoms with E-state index >= 15 is 0 Å². The minimum atomic E-state index is -0.777. The number of esters is 1. The van der Waals surface area contributed by atoms with E-state index in [0.29, 0.717) is 45.7 Å². The fourth-order valence-electron chi connectivity index (χ4n) is 5.25. The summed E-state index contributed by atoms with van der Waals surface area (Å²) < 4.78 is 34.9. The highest BCUT2D eigenvalue weighted by atomic mass is 16.8. The molecule has 0 aliphatic carbocycles. The van der Waals surface area contributed by atoms with Crippen molar-refractivity contribution in [3.05, 3.63) is 12.2 Å². The van der Waals surface area contributed by atoms with Crippen LogP contribution in [0.1, 0.15) is 86.5 Å². The first-order chi connectivity index (χ1) is 17.9. The third-order valence-corrected chi connectivity index (χ3v) is 7.04. The maximum absolute atomic E-state index is 12.8. The molecule has 0 radical (unpaired) electrons. The molecule has 3 saturated heterocycles. The van der Waals surface area contributed by atoms with E-state index in [1.54, 1.807) is 11.8 Å². The van der Waals surface area contributed by atoms with Gasteiger partial charge >= 0.3 is 12.1 Å². The number of hydrogen-bond acceptors (Lipinski definition) is 9. The van der Waals surface area contributed by atoms with E-state index < -0.39 is 29.3 Å². The molecule has 3 rings (SSSR count). The van der Waals surface area contributed by atoms with E-state index in [4.69, 9.17) is 28.4 Å². The molecular formula is C28H47NO9. The van der Waals surface area contributed by atoms with Crippen LogP contribution in [0.15, 0.2) is 12.2 Å². The number of carbonyl (C=O) groups is 2. The molecule has 5 atom stereocenters. The number of amides is 1. The van der Waals surface area contributed by atoms with Gasteiger partial charge in [0.15, 0.2) is 5.79 Å². The molecule has 38 heavy (non-hydrogen) atoms. The molecule has 3 fully saturated rings. The quantitative estimate of drug-likeness (QED) is 0.222. The van der Waals surface area contributed by atoms with Crippen LogP contribution in [0, 0.1) is 0 Å². The molecule has 1 N–H and O–H groups in total. The summed E-state index contributed by atoms with van der Waals surface area (Å²) in [7, 11) is 0. The highest BCUT2D eigenvalue weighted by molar-refractivity contribution is 5.81. The Kier molecular flexibility index (Phi) is 10.6. The predicted octanol–water partition coefficient (Wildman–Crippen LogP) is 4.08. The number of aliphatic hydroxyl groups is 1. The lowest BCUT2D eigenvalue weighted by atomic mass is 9.95. The van der Waals surface area contributed by atoms with Gasteiger partial charge in [-0.2, -0.15) is 0 Å². The second kappa shape index (κ2) is 13.1. The standard InChI is InChI=1S/C28H47NO9/c1-7-34-23(31)13-11-9-8-10-12-22-24-21(30)14-15-28(36-22,37-24)16-17-33-18-20-19-35-27(5,6)29(20)25(32)38-26(2,3)4/h11,13,20-22,24,30H,7-10,12,14-19H2,1-6H3/b13-11+/t20-,21+,22+,24-,28+/m0/s1. The van der Waals surface area contributed by atoms with Crippen molar-refractivity contribution in [3.8, 4) is 0 Å². The Morgan fingerprint density at radius 2 is 1.95 bits per heavy atom. The summed E-state index contributed by atoms with van der Waals surface area (Å²) in [4.78, 5) is 25.8. The number of nitrogens with zero attached hydrogens (tertiary/aromatic N) is 1. The van der Waals surface area contributed by atoms with E-state index in [2.05, 4.69) is 0 Å². The van der Waals surface area contributed by atoms with Crippen molar-refractivity contribution in [2.75, 3.05) is 26.4 Å². The van der Waals surface area contributed by atoms with Crippen LogP contribution in [0.3, 0.4) is 0 Å². The number of unbranched alkanes of at least 4 members (excludes halogenated alkanes) is 2. The average molecular weight is 542 g/mol. The van der Waals surface area contributed by atoms with E-state index in [-0.39, 0.29) is 24.2 Å². The number of fused-ring (bicyclic) bond motifs is 2. The van der Waals surface area contributed by atoms with Crippen LogP contribution in [0.2, 0.25) is 0 Å². The van der Waals surface area contributed by atoms with Crippen molar-refractivity contribution in [3.63, 3.8) is 0 Å². The number of ether oxygens (including phenoxy) is 6. The Morgan fingerprint density at radius 1 is 1.18 bits per heavy atom. The average Bonchev–Trinajstić information content (AvgIpc) is 3.29. The third kappa shape index (κ3) is 8.39. The molecule has 3 aliphatic heterocycles. The van der Waals surface area contributed by atoms with Crippen LogP contribution in [0.5, 0.6) is 0 Å². The van der Waals surface area contributed by atoms with E-state index in [1.807, 2.05) is 40.7 Å². The molecule has 0 aromatic heterocycles. The van der Waals surface area contributed by atoms with Crippen molar-refractivity contribution in [1.29, 1.82) is 0 Å². The van der Waals surface area contributed by atoms with Crippen LogP contribution in [-0.4, -0.2) is 90.0 Å². The Labute approximate surface area is 226 Å². The number of allylic oxidation sites excluding steroid dienone is 1. The largest absolute Gasteiger partial charge is 0.463 e. The minimum Gasteiger partial charge on any atom is -0.463 e. The summed E-state index contributed by atoms with van der Waals surface area (Å²) in [5, 5.41) is 10.5. The summed E-state index contributed by atoms with van der Waals surface area (Å²) in [6.45, 7) is 12.4. The number of rotatable bonds is 12. The summed E-state index contributed by atoms with van der Waals surface area (Å²) >= 11 is 0. The van der Waals surface area contributed by atoms with Gasteiger partial charge in [0.2, 0.25) is 0 Å². The molecule has 0 aromatic rings. The molecule has 3 aliphatic rings. The number of aliphatic hydroxyl groups excluding tert-OH is 1. The van der Waals surface area contributed by atoms with Crippen molar-refractivity contribution >= 4 is 12.1 Å². The second-order valence-electron chi connectivity index (χ2n) is 11.8. The van der Waals surface area contributed by atoms with Gasteiger partial charge in [-0.05, 0) is 67.2 Å². The molecule has 0 spiro atoms. The first-order valence-corrected chi connectivity index (χ1v) is 14.0. The van der Waals surface area contributed by atoms with Gasteiger partial charge in [0.25, 0.3) is 0 Å². The number of hydrogen-bond donors (Lipinski definition) is 1. The fraction of sp³-hybridized carbons (Fsp3) is 0.857. The van der Waals surface area contributed by atoms with Crippen LogP contribution < -0.4 is 0 Å². The van der Waals surface area contributed by atoms with Crippen molar-refractivity contribution < 1.29 is 43.1 Å². The Bertz CT molecular complexity index is 824. The third-order valence-electron chi connectivity index (χ3n) is 7.04. The van der Waals surface area contributed by atoms with Crippen LogP contribution in [-0.2, 0) is 33.2 Å². The molecule has 0 saturated carbocycles. The van der Waals surface area contributed by atoms with Gasteiger partial charge in [-0.15, -0.1) is 0 Å². The van der Waals surface area contributed by atoms with E-state index in [0.717, 1.165) is 25.7 Å². The molecular weight excluding hydrogens is 494 g/mol. The van der Waals surface area contributed by atoms with Gasteiger partial charge < -0.3 is 33.5 Å². The summed E-state index contributed by atoms with van der Waals surface area (Å²) in [5.41, 5.74) is -1.38. The van der Waals surface area contributed by atoms with Gasteiger partial charge in [0, 0.05) is 18.9 Å². The summed E-state index contributed by atoms with van der Waals surface area (Å²) in [6.07, 6.45) is 6.95. The van der Waals surface area contributed by atoms with Gasteiger partial charge in [0.1, 0.15) is 17.4 Å². The zero-order valence-corrected chi connectivity index (χ0v) is 23.9. The van der Waals surface area contributed by atoms with Crippen molar-refractivity contribution in [1.82, 2.24) is 4.90 Å². The van der Waals surface area contributed by atoms with Crippen LogP contribution in [0.25, 0.3) is 0 Å². The first kappa shape index (κ1) is 30.8. The molecule has 218 valence electrons. The Morgan fingerprint density at radius 3 is 2.66 bits per heavy atom. The van der Waals surface area contributed by atoms with Crippen LogP contribution >= 0.6 is 0 Å². The molecule has 0 aromatic carbocycles. The maximum atomic E-state index is 12.8. The first-order valence-electron chi connectivity index (χ1n) is 14.0. The minimum absolute atomic E-state index is 0.173. The molecule has 0 unspecified atom stereocenters. The Balaban J connectivity index is 1.44. The maximum Gasteiger partial charge on any atom is 0.412 e. The van der Waals surface area contributed by atoms with Gasteiger partial charge in [-0.3, -0.25) is 4.90 Å². The lowest BCUT2D eigenvalue weighted by Crippen LogP contribution is -2.51. The molecule has 2 bridgehead atoms. The SMILES string of the molecule is CCOC(=O)/C=C/CCCC[C@H]1O[C@]2(CCOC[C@H]3COC(C)(C)N3C(=O)OC(C)(C)C)CC[C@@H](O)[C@@H]1O2. The molecule has 10 nitrogen and oxygen atoms in total. The summed E-state index contributed by atoms with van der Waals surface area (Å²) in [5.74, 6) is -1.07. The van der Waals surface area contributed by atoms with Crippen molar-refractivity contribution in [2.24, 2.45) is 0 Å². The zero-order chi connectivity index (χ0) is 28.0.